The lowest BCUT2D eigenvalue weighted by atomic mass is 9.44. The summed E-state index contributed by atoms with van der Waals surface area (Å²) in [6, 6.07) is 0. The number of Topliss-reactive ketones (excluding diaryl/α,β-unsaturated/α-hetero) is 2. The Morgan fingerprint density at radius 3 is 2.34 bits per heavy atom. The van der Waals surface area contributed by atoms with Crippen molar-refractivity contribution < 1.29 is 9.59 Å². The second kappa shape index (κ2) is 7.79. The summed E-state index contributed by atoms with van der Waals surface area (Å²) >= 11 is 0. The van der Waals surface area contributed by atoms with Gasteiger partial charge in [0.2, 0.25) is 0 Å². The Balaban J connectivity index is 1.51. The van der Waals surface area contributed by atoms with Crippen LogP contribution in [-0.4, -0.2) is 11.6 Å². The fourth-order valence-corrected chi connectivity index (χ4v) is 8.86. The summed E-state index contributed by atoms with van der Waals surface area (Å²) in [7, 11) is 0. The number of hydrogen-bond donors (Lipinski definition) is 0. The highest BCUT2D eigenvalue weighted by Gasteiger charge is 2.62. The van der Waals surface area contributed by atoms with Gasteiger partial charge in [0.05, 0.1) is 0 Å². The second-order valence-electron chi connectivity index (χ2n) is 12.4. The smallest absolute Gasteiger partial charge is 0.137 e. The third-order valence-corrected chi connectivity index (χ3v) is 10.5. The third kappa shape index (κ3) is 3.55. The summed E-state index contributed by atoms with van der Waals surface area (Å²) in [5.41, 5.74) is 0.530. The molecular formula is C27H44O2. The van der Waals surface area contributed by atoms with E-state index in [0.29, 0.717) is 41.7 Å². The summed E-state index contributed by atoms with van der Waals surface area (Å²) in [6.45, 7) is 12.2. The first kappa shape index (κ1) is 21.6. The van der Waals surface area contributed by atoms with Crippen LogP contribution in [0.3, 0.4) is 0 Å². The van der Waals surface area contributed by atoms with Crippen molar-refractivity contribution in [2.45, 2.75) is 105 Å². The Morgan fingerprint density at radius 1 is 0.897 bits per heavy atom. The molecule has 0 spiro atoms. The van der Waals surface area contributed by atoms with Gasteiger partial charge in [-0.05, 0) is 78.4 Å². The van der Waals surface area contributed by atoms with Crippen molar-refractivity contribution >= 4 is 11.6 Å². The fourth-order valence-electron chi connectivity index (χ4n) is 8.86. The average Bonchev–Trinajstić information content (AvgIpc) is 3.00. The Hall–Kier alpha value is -0.660. The number of fused-ring (bicyclic) bond motifs is 5. The molecule has 2 heteroatoms. The highest BCUT2D eigenvalue weighted by Crippen LogP contribution is 2.67. The first-order valence-corrected chi connectivity index (χ1v) is 12.7. The molecule has 0 aromatic heterocycles. The molecule has 0 radical (unpaired) electrons. The van der Waals surface area contributed by atoms with Crippen molar-refractivity contribution in [3.05, 3.63) is 0 Å². The predicted octanol–water partition coefficient (Wildman–Crippen LogP) is 6.86. The lowest BCUT2D eigenvalue weighted by molar-refractivity contribution is -0.159. The molecule has 29 heavy (non-hydrogen) atoms. The molecule has 1 unspecified atom stereocenters. The molecule has 0 bridgehead atoms. The Kier molecular flexibility index (Phi) is 5.79. The second-order valence-corrected chi connectivity index (χ2v) is 12.4. The molecule has 0 heterocycles. The van der Waals surface area contributed by atoms with Gasteiger partial charge in [0.25, 0.3) is 0 Å². The summed E-state index contributed by atoms with van der Waals surface area (Å²) in [5, 5.41) is 0. The standard InChI is InChI=1S/C27H44O2/c1-17(2)7-6-8-18(3)21-9-10-22-20-16-25(29)24-15-19(28)11-13-27(24,5)23(20)12-14-26(21,22)4/h17-18,20-24H,6-16H2,1-5H3/t18-,20+,21?,22+,23+,24-,26-,27-/m1/s1. The van der Waals surface area contributed by atoms with Crippen molar-refractivity contribution in [1.82, 2.24) is 0 Å². The Bertz CT molecular complexity index is 651. The molecule has 0 aromatic carbocycles. The minimum Gasteiger partial charge on any atom is -0.300 e. The number of ketones is 2. The number of carbonyl (C=O) groups excluding carboxylic acids is 2. The third-order valence-electron chi connectivity index (χ3n) is 10.5. The van der Waals surface area contributed by atoms with Gasteiger partial charge >= 0.3 is 0 Å². The average molecular weight is 401 g/mol. The summed E-state index contributed by atoms with van der Waals surface area (Å²) in [4.78, 5) is 25.3. The van der Waals surface area contributed by atoms with Crippen molar-refractivity contribution in [3.8, 4) is 0 Å². The van der Waals surface area contributed by atoms with Crippen LogP contribution >= 0.6 is 0 Å². The van der Waals surface area contributed by atoms with E-state index >= 15 is 0 Å². The monoisotopic (exact) mass is 400 g/mol. The van der Waals surface area contributed by atoms with Crippen molar-refractivity contribution in [2.24, 2.45) is 52.3 Å². The zero-order chi connectivity index (χ0) is 21.0. The van der Waals surface area contributed by atoms with Crippen LogP contribution in [0.1, 0.15) is 105 Å². The van der Waals surface area contributed by atoms with Crippen LogP contribution in [0.25, 0.3) is 0 Å². The van der Waals surface area contributed by atoms with Crippen LogP contribution in [0, 0.1) is 52.3 Å². The fraction of sp³-hybridized carbons (Fsp3) is 0.926. The molecule has 4 rings (SSSR count). The van der Waals surface area contributed by atoms with Crippen LogP contribution < -0.4 is 0 Å². The maximum absolute atomic E-state index is 13.2. The zero-order valence-corrected chi connectivity index (χ0v) is 19.6. The minimum atomic E-state index is 0.0292. The molecule has 4 aliphatic carbocycles. The molecule has 0 aliphatic heterocycles. The SMILES string of the molecule is CC(C)CCC[C@@H](C)C1CC[C@H]2[C@@H]3CC(=O)[C@H]4CC(=O)CC[C@]4(C)[C@H]3CC[C@]12C. The van der Waals surface area contributed by atoms with E-state index < -0.39 is 0 Å². The quantitative estimate of drug-likeness (QED) is 0.505. The maximum atomic E-state index is 13.2. The van der Waals surface area contributed by atoms with Gasteiger partial charge in [-0.2, -0.15) is 0 Å². The molecule has 8 atom stereocenters. The van der Waals surface area contributed by atoms with Crippen molar-refractivity contribution in [2.75, 3.05) is 0 Å². The molecule has 0 amide bonds. The molecule has 164 valence electrons. The lowest BCUT2D eigenvalue weighted by Gasteiger charge is -2.59. The highest BCUT2D eigenvalue weighted by atomic mass is 16.1. The van der Waals surface area contributed by atoms with Crippen LogP contribution in [-0.2, 0) is 9.59 Å². The molecule has 4 aliphatic rings. The minimum absolute atomic E-state index is 0.0292. The Labute approximate surface area is 179 Å². The molecule has 4 fully saturated rings. The largest absolute Gasteiger partial charge is 0.300 e. The maximum Gasteiger partial charge on any atom is 0.137 e. The van der Waals surface area contributed by atoms with Crippen molar-refractivity contribution in [3.63, 3.8) is 0 Å². The first-order chi connectivity index (χ1) is 13.7. The molecule has 2 nitrogen and oxygen atoms in total. The highest BCUT2D eigenvalue weighted by molar-refractivity contribution is 5.90. The molecule has 4 saturated carbocycles. The van der Waals surface area contributed by atoms with Gasteiger partial charge in [-0.3, -0.25) is 9.59 Å². The summed E-state index contributed by atoms with van der Waals surface area (Å²) in [6.07, 6.45) is 12.4. The van der Waals surface area contributed by atoms with E-state index in [1.807, 2.05) is 0 Å². The van der Waals surface area contributed by atoms with Crippen LogP contribution in [0.4, 0.5) is 0 Å². The van der Waals surface area contributed by atoms with E-state index in [-0.39, 0.29) is 11.3 Å². The van der Waals surface area contributed by atoms with E-state index in [2.05, 4.69) is 34.6 Å². The van der Waals surface area contributed by atoms with Gasteiger partial charge in [-0.1, -0.05) is 53.9 Å². The summed E-state index contributed by atoms with van der Waals surface area (Å²) in [5.74, 6) is 5.25. The molecule has 0 saturated heterocycles. The normalized spacial score (nSPS) is 45.7. The van der Waals surface area contributed by atoms with E-state index in [1.165, 1.54) is 44.9 Å². The van der Waals surface area contributed by atoms with Gasteiger partial charge in [0, 0.05) is 25.2 Å². The Morgan fingerprint density at radius 2 is 1.62 bits per heavy atom. The van der Waals surface area contributed by atoms with Crippen LogP contribution in [0.2, 0.25) is 0 Å². The van der Waals surface area contributed by atoms with Gasteiger partial charge < -0.3 is 0 Å². The van der Waals surface area contributed by atoms with Gasteiger partial charge in [0.15, 0.2) is 0 Å². The molecular weight excluding hydrogens is 356 g/mol. The van der Waals surface area contributed by atoms with E-state index in [0.717, 1.165) is 36.5 Å². The van der Waals surface area contributed by atoms with Crippen LogP contribution in [0.5, 0.6) is 0 Å². The predicted molar refractivity (Wildman–Crippen MR) is 118 cm³/mol. The van der Waals surface area contributed by atoms with Gasteiger partial charge in [0.1, 0.15) is 11.6 Å². The number of rotatable bonds is 5. The zero-order valence-electron chi connectivity index (χ0n) is 19.6. The van der Waals surface area contributed by atoms with Crippen molar-refractivity contribution in [1.29, 1.82) is 0 Å². The van der Waals surface area contributed by atoms with E-state index in [9.17, 15) is 9.59 Å². The number of hydrogen-bond acceptors (Lipinski definition) is 2. The van der Waals surface area contributed by atoms with Gasteiger partial charge in [-0.15, -0.1) is 0 Å². The van der Waals surface area contributed by atoms with Crippen LogP contribution in [0.15, 0.2) is 0 Å². The number of carbonyl (C=O) groups is 2. The lowest BCUT2D eigenvalue weighted by Crippen LogP contribution is -2.56. The molecule has 0 N–H and O–H groups in total. The van der Waals surface area contributed by atoms with E-state index in [1.54, 1.807) is 0 Å². The first-order valence-electron chi connectivity index (χ1n) is 12.7. The molecule has 0 aromatic rings. The van der Waals surface area contributed by atoms with E-state index in [4.69, 9.17) is 0 Å². The summed E-state index contributed by atoms with van der Waals surface area (Å²) < 4.78 is 0. The van der Waals surface area contributed by atoms with Gasteiger partial charge in [-0.25, -0.2) is 0 Å². The topological polar surface area (TPSA) is 34.1 Å².